The van der Waals surface area contributed by atoms with Crippen molar-refractivity contribution in [2.45, 2.75) is 56.9 Å². The Kier molecular flexibility index (Phi) is 11.6. The van der Waals surface area contributed by atoms with Crippen LogP contribution >= 0.6 is 0 Å². The summed E-state index contributed by atoms with van der Waals surface area (Å²) < 4.78 is 30.3. The van der Waals surface area contributed by atoms with Gasteiger partial charge in [-0.2, -0.15) is 0 Å². The maximum atomic E-state index is 14.4. The number of anilines is 1. The first-order valence-electron chi connectivity index (χ1n) is 17.7. The third-order valence-corrected chi connectivity index (χ3v) is 10.5. The van der Waals surface area contributed by atoms with Crippen molar-refractivity contribution in [3.8, 4) is 0 Å². The summed E-state index contributed by atoms with van der Waals surface area (Å²) in [5.41, 5.74) is 2.32. The Morgan fingerprint density at radius 1 is 0.945 bits per heavy atom. The van der Waals surface area contributed by atoms with Gasteiger partial charge in [0.1, 0.15) is 29.3 Å². The summed E-state index contributed by atoms with van der Waals surface area (Å²) in [4.78, 5) is 69.2. The molecule has 0 aliphatic carbocycles. The van der Waals surface area contributed by atoms with Gasteiger partial charge >= 0.3 is 18.2 Å². The molecular weight excluding hydrogens is 725 g/mol. The van der Waals surface area contributed by atoms with Gasteiger partial charge < -0.3 is 24.4 Å². The number of fused-ring (bicyclic) bond motifs is 1. The highest BCUT2D eigenvalue weighted by Gasteiger charge is 2.58. The highest BCUT2D eigenvalue weighted by atomic mass is 32.2. The fourth-order valence-electron chi connectivity index (χ4n) is 6.45. The van der Waals surface area contributed by atoms with Gasteiger partial charge in [0.2, 0.25) is 5.91 Å². The number of amides is 4. The van der Waals surface area contributed by atoms with E-state index in [0.717, 1.165) is 10.5 Å². The summed E-state index contributed by atoms with van der Waals surface area (Å²) in [6.07, 6.45) is 1.02. The third-order valence-electron chi connectivity index (χ3n) is 8.92. The molecule has 3 heterocycles. The molecule has 3 aliphatic rings. The van der Waals surface area contributed by atoms with Crippen molar-refractivity contribution in [3.05, 3.63) is 137 Å². The lowest BCUT2D eigenvalue weighted by Crippen LogP contribution is -2.73. The van der Waals surface area contributed by atoms with Crippen LogP contribution in [0.3, 0.4) is 0 Å². The quantitative estimate of drug-likeness (QED) is 0.0846. The van der Waals surface area contributed by atoms with Gasteiger partial charge in [-0.3, -0.25) is 24.0 Å². The molecule has 6 rings (SSSR count). The van der Waals surface area contributed by atoms with Crippen molar-refractivity contribution in [2.24, 2.45) is 0 Å². The van der Waals surface area contributed by atoms with Crippen LogP contribution in [-0.4, -0.2) is 79.9 Å². The molecule has 2 N–H and O–H groups in total. The highest BCUT2D eigenvalue weighted by Crippen LogP contribution is 2.38. The van der Waals surface area contributed by atoms with Crippen molar-refractivity contribution < 1.29 is 42.4 Å². The van der Waals surface area contributed by atoms with Crippen LogP contribution in [0.2, 0.25) is 0 Å². The molecule has 3 aliphatic heterocycles. The monoisotopic (exact) mass is 766 g/mol. The van der Waals surface area contributed by atoms with Gasteiger partial charge in [0, 0.05) is 24.4 Å². The van der Waals surface area contributed by atoms with Gasteiger partial charge in [0.15, 0.2) is 6.10 Å². The first kappa shape index (κ1) is 38.7. The van der Waals surface area contributed by atoms with E-state index in [1.165, 1.54) is 12.2 Å². The number of alkyl carbamates (subject to hydrolysis) is 1. The first-order valence-corrected chi connectivity index (χ1v) is 19.1. The minimum Gasteiger partial charge on any atom is -0.448 e. The smallest absolute Gasteiger partial charge is 0.411 e. The van der Waals surface area contributed by atoms with E-state index >= 15 is 0 Å². The number of likely N-dealkylation sites (tertiary alicyclic amines) is 1. The number of rotatable bonds is 11. The van der Waals surface area contributed by atoms with E-state index in [9.17, 15) is 28.2 Å². The van der Waals surface area contributed by atoms with Crippen molar-refractivity contribution >= 4 is 46.5 Å². The number of hydrogen-bond acceptors (Lipinski definition) is 9. The molecule has 14 heteroatoms. The van der Waals surface area contributed by atoms with Crippen LogP contribution in [0.4, 0.5) is 15.3 Å². The standard InChI is InChI=1S/C41H42N4O9S/c1-5-22-52-39(49)42-31-18-16-26(17-19-31)24-44-21-20-29(35(44)46)23-30-25-55(51)37-32(43-40(50)54-41(2,3)4)36(47)45(37)33(30)38(48)53-34(27-12-8-6-9-13-27)28-14-10-7-11-15-28/h5-19,23,32,34,37H,1,20-22,24-25H2,2-4H3,(H,42,49)(H,43,50)/b29-23+. The zero-order valence-corrected chi connectivity index (χ0v) is 31.5. The predicted octanol–water partition coefficient (Wildman–Crippen LogP) is 5.49. The average Bonchev–Trinajstić information content (AvgIpc) is 3.49. The fourth-order valence-corrected chi connectivity index (χ4v) is 8.08. The van der Waals surface area contributed by atoms with Crippen LogP contribution in [-0.2, 0) is 45.9 Å². The van der Waals surface area contributed by atoms with E-state index in [2.05, 4.69) is 17.2 Å². The molecular formula is C41H42N4O9S. The molecule has 0 saturated carbocycles. The number of ether oxygens (including phenoxy) is 3. The fraction of sp³-hybridized carbons (Fsp3) is 0.293. The summed E-state index contributed by atoms with van der Waals surface area (Å²) >= 11 is 0. The maximum Gasteiger partial charge on any atom is 0.411 e. The number of nitrogens with zero attached hydrogens (tertiary/aromatic N) is 2. The van der Waals surface area contributed by atoms with Crippen LogP contribution in [0.1, 0.15) is 50.0 Å². The van der Waals surface area contributed by atoms with E-state index in [0.29, 0.717) is 35.4 Å². The third kappa shape index (κ3) is 9.03. The van der Waals surface area contributed by atoms with Gasteiger partial charge in [0.25, 0.3) is 5.91 Å². The Hall–Kier alpha value is -6.02. The number of benzene rings is 3. The lowest BCUT2D eigenvalue weighted by Gasteiger charge is -2.49. The van der Waals surface area contributed by atoms with Crippen molar-refractivity contribution in [1.82, 2.24) is 15.1 Å². The molecule has 2 saturated heterocycles. The van der Waals surface area contributed by atoms with Crippen molar-refractivity contribution in [3.63, 3.8) is 0 Å². The zero-order valence-electron chi connectivity index (χ0n) is 30.7. The molecule has 0 aromatic heterocycles. The number of carbonyl (C=O) groups excluding carboxylic acids is 5. The van der Waals surface area contributed by atoms with Crippen LogP contribution in [0.25, 0.3) is 0 Å². The number of β-lactam (4-membered cyclic amide) rings is 1. The zero-order chi connectivity index (χ0) is 39.3. The number of esters is 1. The van der Waals surface area contributed by atoms with Crippen LogP contribution < -0.4 is 10.6 Å². The molecule has 3 aromatic rings. The van der Waals surface area contributed by atoms with Gasteiger partial charge in [-0.1, -0.05) is 85.5 Å². The summed E-state index contributed by atoms with van der Waals surface area (Å²) in [7, 11) is -1.77. The average molecular weight is 767 g/mol. The van der Waals surface area contributed by atoms with Crippen LogP contribution in [0, 0.1) is 0 Å². The second kappa shape index (κ2) is 16.6. The molecule has 2 fully saturated rings. The molecule has 4 amide bonds. The Bertz CT molecular complexity index is 2020. The summed E-state index contributed by atoms with van der Waals surface area (Å²) in [6, 6.07) is 24.0. The first-order chi connectivity index (χ1) is 26.3. The SMILES string of the molecule is C=CCOC(=O)Nc1ccc(CN2CC/C(=C\C3=C(C(=O)OC(c4ccccc4)c4ccccc4)N4C(=O)C(NC(=O)OC(C)(C)C)C4S(=O)C3)C2=O)cc1. The Labute approximate surface area is 321 Å². The highest BCUT2D eigenvalue weighted by molar-refractivity contribution is 7.86. The molecule has 0 radical (unpaired) electrons. The molecule has 0 bridgehead atoms. The topological polar surface area (TPSA) is 161 Å². The maximum absolute atomic E-state index is 14.4. The summed E-state index contributed by atoms with van der Waals surface area (Å²) in [5.74, 6) is -1.96. The van der Waals surface area contributed by atoms with Gasteiger partial charge in [-0.05, 0) is 67.7 Å². The van der Waals surface area contributed by atoms with Gasteiger partial charge in [-0.25, -0.2) is 14.4 Å². The molecule has 3 unspecified atom stereocenters. The molecule has 3 aromatic carbocycles. The van der Waals surface area contributed by atoms with E-state index in [1.807, 2.05) is 60.7 Å². The largest absolute Gasteiger partial charge is 0.448 e. The molecule has 55 heavy (non-hydrogen) atoms. The van der Waals surface area contributed by atoms with Gasteiger partial charge in [-0.15, -0.1) is 0 Å². The summed E-state index contributed by atoms with van der Waals surface area (Å²) in [6.45, 7) is 9.28. The number of allylic oxidation sites excluding steroid dienone is 1. The van der Waals surface area contributed by atoms with Crippen LogP contribution in [0.15, 0.2) is 121 Å². The van der Waals surface area contributed by atoms with Crippen molar-refractivity contribution in [2.75, 3.05) is 24.2 Å². The lowest BCUT2D eigenvalue weighted by molar-refractivity contribution is -0.153. The number of nitrogens with one attached hydrogen (secondary N) is 2. The molecule has 3 atom stereocenters. The number of carbonyl (C=O) groups is 5. The van der Waals surface area contributed by atoms with Gasteiger partial charge in [0.05, 0.1) is 16.6 Å². The minimum absolute atomic E-state index is 0.0783. The van der Waals surface area contributed by atoms with E-state index in [-0.39, 0.29) is 36.1 Å². The molecule has 13 nitrogen and oxygen atoms in total. The lowest BCUT2D eigenvalue weighted by atomic mass is 10.00. The summed E-state index contributed by atoms with van der Waals surface area (Å²) in [5, 5.41) is 4.08. The molecule has 0 spiro atoms. The molecule has 286 valence electrons. The van der Waals surface area contributed by atoms with E-state index in [1.54, 1.807) is 49.9 Å². The Morgan fingerprint density at radius 3 is 2.18 bits per heavy atom. The minimum atomic E-state index is -1.77. The van der Waals surface area contributed by atoms with E-state index in [4.69, 9.17) is 14.2 Å². The second-order valence-electron chi connectivity index (χ2n) is 14.1. The van der Waals surface area contributed by atoms with Crippen molar-refractivity contribution in [1.29, 1.82) is 0 Å². The Morgan fingerprint density at radius 2 is 1.58 bits per heavy atom. The van der Waals surface area contributed by atoms with E-state index < -0.39 is 58.0 Å². The predicted molar refractivity (Wildman–Crippen MR) is 204 cm³/mol. The van der Waals surface area contributed by atoms with Crippen LogP contribution in [0.5, 0.6) is 0 Å². The second-order valence-corrected chi connectivity index (χ2v) is 15.6. The normalized spacial score (nSPS) is 20.1. The Balaban J connectivity index is 1.28. The number of hydrogen-bond donors (Lipinski definition) is 2.